The zero-order valence-electron chi connectivity index (χ0n) is 19.1. The van der Waals surface area contributed by atoms with Gasteiger partial charge < -0.3 is 14.8 Å². The maximum atomic E-state index is 13.1. The summed E-state index contributed by atoms with van der Waals surface area (Å²) in [4.78, 5) is 12.9. The molecule has 33 heavy (non-hydrogen) atoms. The number of hydrogen-bond donors (Lipinski definition) is 1. The summed E-state index contributed by atoms with van der Waals surface area (Å²) in [5, 5.41) is 2.92. The lowest BCUT2D eigenvalue weighted by molar-refractivity contribution is -0.120. The topological polar surface area (TPSA) is 84.9 Å². The van der Waals surface area contributed by atoms with Crippen LogP contribution in [0.4, 0.5) is 10.1 Å². The number of carbonyl (C=O) groups excluding carboxylic acids is 1. The standard InChI is InChI=1S/C24H31FN2O5S/c1-3-15-31-22-10-7-20(17-23(22)32-16-4-2)26-24(28)18-11-13-27(14-12-18)33(29,30)21-8-5-19(25)6-9-21/h5-10,17-18H,3-4,11-16H2,1-2H3,(H,26,28). The number of nitrogens with zero attached hydrogens (tertiary/aromatic N) is 1. The van der Waals surface area contributed by atoms with Crippen LogP contribution in [0.5, 0.6) is 11.5 Å². The van der Waals surface area contributed by atoms with E-state index in [2.05, 4.69) is 5.32 Å². The number of nitrogens with one attached hydrogen (secondary N) is 1. The lowest BCUT2D eigenvalue weighted by Crippen LogP contribution is -2.41. The second-order valence-electron chi connectivity index (χ2n) is 7.98. The van der Waals surface area contributed by atoms with Gasteiger partial charge in [-0.25, -0.2) is 12.8 Å². The van der Waals surface area contributed by atoms with Crippen LogP contribution in [0.1, 0.15) is 39.5 Å². The number of carbonyl (C=O) groups is 1. The van der Waals surface area contributed by atoms with Crippen LogP contribution < -0.4 is 14.8 Å². The summed E-state index contributed by atoms with van der Waals surface area (Å²) in [6, 6.07) is 10.1. The monoisotopic (exact) mass is 478 g/mol. The molecule has 0 unspecified atom stereocenters. The lowest BCUT2D eigenvalue weighted by Gasteiger charge is -2.30. The Labute approximate surface area is 194 Å². The molecule has 0 aliphatic carbocycles. The molecule has 0 bridgehead atoms. The molecule has 0 atom stereocenters. The molecule has 0 spiro atoms. The molecule has 1 N–H and O–H groups in total. The van der Waals surface area contributed by atoms with Crippen LogP contribution in [0.2, 0.25) is 0 Å². The molecule has 1 amide bonds. The van der Waals surface area contributed by atoms with Crippen molar-refractivity contribution in [3.63, 3.8) is 0 Å². The molecule has 7 nitrogen and oxygen atoms in total. The molecule has 180 valence electrons. The Morgan fingerprint density at radius 2 is 1.61 bits per heavy atom. The SMILES string of the molecule is CCCOc1ccc(NC(=O)C2CCN(S(=O)(=O)c3ccc(F)cc3)CC2)cc1OCCC. The minimum Gasteiger partial charge on any atom is -0.490 e. The van der Waals surface area contributed by atoms with E-state index >= 15 is 0 Å². The van der Waals surface area contributed by atoms with E-state index in [0.717, 1.165) is 25.0 Å². The molecule has 0 saturated carbocycles. The minimum absolute atomic E-state index is 0.0526. The Hall–Kier alpha value is -2.65. The van der Waals surface area contributed by atoms with E-state index in [1.54, 1.807) is 18.2 Å². The van der Waals surface area contributed by atoms with Gasteiger partial charge in [0.25, 0.3) is 0 Å². The van der Waals surface area contributed by atoms with Gasteiger partial charge in [-0.1, -0.05) is 13.8 Å². The van der Waals surface area contributed by atoms with Gasteiger partial charge in [-0.2, -0.15) is 4.31 Å². The number of sulfonamides is 1. The van der Waals surface area contributed by atoms with Gasteiger partial charge in [0, 0.05) is 30.8 Å². The maximum absolute atomic E-state index is 13.1. The van der Waals surface area contributed by atoms with E-state index in [9.17, 15) is 17.6 Å². The first-order valence-electron chi connectivity index (χ1n) is 11.3. The van der Waals surface area contributed by atoms with E-state index in [-0.39, 0.29) is 29.8 Å². The third kappa shape index (κ3) is 6.45. The average molecular weight is 479 g/mol. The van der Waals surface area contributed by atoms with Crippen molar-refractivity contribution in [1.29, 1.82) is 0 Å². The molecule has 0 radical (unpaired) electrons. The quantitative estimate of drug-likeness (QED) is 0.546. The molecule has 1 aliphatic rings. The number of hydrogen-bond acceptors (Lipinski definition) is 5. The van der Waals surface area contributed by atoms with E-state index in [1.807, 2.05) is 13.8 Å². The number of benzene rings is 2. The Morgan fingerprint density at radius 1 is 1.00 bits per heavy atom. The van der Waals surface area contributed by atoms with Gasteiger partial charge in [0.1, 0.15) is 5.82 Å². The van der Waals surface area contributed by atoms with Gasteiger partial charge >= 0.3 is 0 Å². The summed E-state index contributed by atoms with van der Waals surface area (Å²) < 4.78 is 51.5. The highest BCUT2D eigenvalue weighted by Crippen LogP contribution is 2.32. The summed E-state index contributed by atoms with van der Waals surface area (Å²) >= 11 is 0. The molecule has 1 aliphatic heterocycles. The largest absolute Gasteiger partial charge is 0.490 e. The van der Waals surface area contributed by atoms with Crippen molar-refractivity contribution < 1.29 is 27.1 Å². The highest BCUT2D eigenvalue weighted by molar-refractivity contribution is 7.89. The van der Waals surface area contributed by atoms with Crippen LogP contribution in [0.25, 0.3) is 0 Å². The van der Waals surface area contributed by atoms with Crippen LogP contribution in [0, 0.1) is 11.7 Å². The molecular weight excluding hydrogens is 447 g/mol. The van der Waals surface area contributed by atoms with Gasteiger partial charge in [-0.05, 0) is 62.1 Å². The third-order valence-corrected chi connectivity index (χ3v) is 7.32. The number of halogens is 1. The number of ether oxygens (including phenoxy) is 2. The van der Waals surface area contributed by atoms with Crippen molar-refractivity contribution in [2.45, 2.75) is 44.4 Å². The van der Waals surface area contributed by atoms with Crippen molar-refractivity contribution >= 4 is 21.6 Å². The van der Waals surface area contributed by atoms with Crippen LogP contribution >= 0.6 is 0 Å². The van der Waals surface area contributed by atoms with Gasteiger partial charge in [-0.15, -0.1) is 0 Å². The Kier molecular flexibility index (Phi) is 8.68. The molecule has 1 fully saturated rings. The second-order valence-corrected chi connectivity index (χ2v) is 9.92. The average Bonchev–Trinajstić information content (AvgIpc) is 2.82. The van der Waals surface area contributed by atoms with Gasteiger partial charge in [-0.3, -0.25) is 4.79 Å². The van der Waals surface area contributed by atoms with Crippen molar-refractivity contribution in [2.24, 2.45) is 5.92 Å². The number of amides is 1. The predicted octanol–water partition coefficient (Wildman–Crippen LogP) is 4.44. The van der Waals surface area contributed by atoms with Crippen LogP contribution in [0.3, 0.4) is 0 Å². The molecule has 9 heteroatoms. The number of piperidine rings is 1. The predicted molar refractivity (Wildman–Crippen MR) is 125 cm³/mol. The van der Waals surface area contributed by atoms with Crippen molar-refractivity contribution in [3.05, 3.63) is 48.3 Å². The fraction of sp³-hybridized carbons (Fsp3) is 0.458. The first-order valence-corrected chi connectivity index (χ1v) is 12.8. The van der Waals surface area contributed by atoms with Crippen molar-refractivity contribution in [2.75, 3.05) is 31.6 Å². The van der Waals surface area contributed by atoms with Crippen molar-refractivity contribution in [1.82, 2.24) is 4.31 Å². The summed E-state index contributed by atoms with van der Waals surface area (Å²) in [7, 11) is -3.71. The normalized spacial score (nSPS) is 15.2. The fourth-order valence-corrected chi connectivity index (χ4v) is 5.07. The smallest absolute Gasteiger partial charge is 0.243 e. The molecule has 1 heterocycles. The molecule has 0 aromatic heterocycles. The molecule has 2 aromatic carbocycles. The Balaban J connectivity index is 1.61. The third-order valence-electron chi connectivity index (χ3n) is 5.41. The molecular formula is C24H31FN2O5S. The highest BCUT2D eigenvalue weighted by Gasteiger charge is 2.32. The number of anilines is 1. The molecule has 3 rings (SSSR count). The zero-order chi connectivity index (χ0) is 23.8. The van der Waals surface area contributed by atoms with Gasteiger partial charge in [0.2, 0.25) is 15.9 Å². The molecule has 1 saturated heterocycles. The van der Waals surface area contributed by atoms with Gasteiger partial charge in [0.15, 0.2) is 11.5 Å². The summed E-state index contributed by atoms with van der Waals surface area (Å²) in [6.07, 6.45) is 2.54. The minimum atomic E-state index is -3.71. The molecule has 2 aromatic rings. The fourth-order valence-electron chi connectivity index (χ4n) is 3.60. The van der Waals surface area contributed by atoms with Gasteiger partial charge in [0.05, 0.1) is 18.1 Å². The Bertz CT molecular complexity index is 1040. The highest BCUT2D eigenvalue weighted by atomic mass is 32.2. The van der Waals surface area contributed by atoms with E-state index < -0.39 is 15.8 Å². The second kappa shape index (κ2) is 11.5. The summed E-state index contributed by atoms with van der Waals surface area (Å²) in [6.45, 7) is 5.62. The van der Waals surface area contributed by atoms with E-state index in [4.69, 9.17) is 9.47 Å². The summed E-state index contributed by atoms with van der Waals surface area (Å²) in [5.74, 6) is 0.279. The van der Waals surface area contributed by atoms with Crippen LogP contribution in [-0.2, 0) is 14.8 Å². The maximum Gasteiger partial charge on any atom is 0.243 e. The first-order chi connectivity index (χ1) is 15.8. The van der Waals surface area contributed by atoms with E-state index in [0.29, 0.717) is 43.2 Å². The number of rotatable bonds is 10. The lowest BCUT2D eigenvalue weighted by atomic mass is 9.97. The van der Waals surface area contributed by atoms with Crippen molar-refractivity contribution in [3.8, 4) is 11.5 Å². The van der Waals surface area contributed by atoms with E-state index in [1.165, 1.54) is 16.4 Å². The zero-order valence-corrected chi connectivity index (χ0v) is 19.9. The van der Waals surface area contributed by atoms with Crippen LogP contribution in [0.15, 0.2) is 47.4 Å². The first kappa shape index (κ1) is 25.0. The summed E-state index contributed by atoms with van der Waals surface area (Å²) in [5.41, 5.74) is 0.608. The Morgan fingerprint density at radius 3 is 2.21 bits per heavy atom. The van der Waals surface area contributed by atoms with Crippen LogP contribution in [-0.4, -0.2) is 44.9 Å².